The molecule has 0 unspecified atom stereocenters. The van der Waals surface area contributed by atoms with E-state index in [2.05, 4.69) is 20.3 Å². The lowest BCUT2D eigenvalue weighted by Crippen LogP contribution is -2.09. The fourth-order valence-corrected chi connectivity index (χ4v) is 2.57. The van der Waals surface area contributed by atoms with Gasteiger partial charge in [-0.15, -0.1) is 0 Å². The number of hydrogen-bond acceptors (Lipinski definition) is 5. The normalized spacial score (nSPS) is 11.6. The number of anilines is 1. The highest BCUT2D eigenvalue weighted by Crippen LogP contribution is 2.31. The van der Waals surface area contributed by atoms with Gasteiger partial charge >= 0.3 is 11.9 Å². The van der Waals surface area contributed by atoms with Gasteiger partial charge in [0.2, 0.25) is 0 Å². The zero-order chi connectivity index (χ0) is 16.2. The van der Waals surface area contributed by atoms with Gasteiger partial charge in [0.1, 0.15) is 0 Å². The summed E-state index contributed by atoms with van der Waals surface area (Å²) in [5.74, 6) is 0.888. The number of rotatable bonds is 7. The molecule has 0 saturated heterocycles. The zero-order valence-corrected chi connectivity index (χ0v) is 11.9. The summed E-state index contributed by atoms with van der Waals surface area (Å²) in [6, 6.07) is 1.33. The highest BCUT2D eigenvalue weighted by Gasteiger charge is 2.35. The van der Waals surface area contributed by atoms with E-state index < -0.39 is 16.8 Å². The molecule has 0 aliphatic heterocycles. The number of aromatic nitrogens is 3. The maximum Gasteiger partial charge on any atom is 0.435 e. The molecule has 11 heteroatoms. The number of aromatic amines is 2. The second-order valence-electron chi connectivity index (χ2n) is 4.20. The van der Waals surface area contributed by atoms with Crippen LogP contribution in [0.3, 0.4) is 0 Å². The lowest BCUT2D eigenvalue weighted by Gasteiger charge is -2.07. The Bertz CT molecular complexity index is 640. The summed E-state index contributed by atoms with van der Waals surface area (Å²) >= 11 is 1.26. The van der Waals surface area contributed by atoms with Crippen molar-refractivity contribution in [3.8, 4) is 0 Å². The summed E-state index contributed by atoms with van der Waals surface area (Å²) in [5.41, 5.74) is -0.964. The van der Waals surface area contributed by atoms with Gasteiger partial charge in [0.05, 0.1) is 16.9 Å². The lowest BCUT2D eigenvalue weighted by molar-refractivity contribution is -0.383. The second kappa shape index (κ2) is 6.73. The smallest absolute Gasteiger partial charge is 0.365 e. The molecule has 120 valence electrons. The quantitative estimate of drug-likeness (QED) is 0.410. The Morgan fingerprint density at radius 1 is 1.41 bits per heavy atom. The number of halogens is 3. The van der Waals surface area contributed by atoms with Crippen molar-refractivity contribution in [1.29, 1.82) is 0 Å². The number of nitrogens with zero attached hydrogens (tertiary/aromatic N) is 2. The molecular formula is C11H12F3N5O2S. The van der Waals surface area contributed by atoms with Crippen molar-refractivity contribution < 1.29 is 18.1 Å². The van der Waals surface area contributed by atoms with Crippen LogP contribution in [0.5, 0.6) is 0 Å². The molecule has 3 N–H and O–H groups in total. The summed E-state index contributed by atoms with van der Waals surface area (Å²) in [6.07, 6.45) is -2.02. The van der Waals surface area contributed by atoms with Gasteiger partial charge in [-0.25, -0.2) is 4.98 Å². The monoisotopic (exact) mass is 335 g/mol. The molecule has 0 fully saturated rings. The first-order valence-corrected chi connectivity index (χ1v) is 7.28. The zero-order valence-electron chi connectivity index (χ0n) is 11.1. The molecule has 0 spiro atoms. The van der Waals surface area contributed by atoms with Crippen LogP contribution in [0.2, 0.25) is 0 Å². The molecule has 0 aromatic carbocycles. The van der Waals surface area contributed by atoms with E-state index in [1.807, 2.05) is 0 Å². The predicted octanol–water partition coefficient (Wildman–Crippen LogP) is 3.01. The van der Waals surface area contributed by atoms with Gasteiger partial charge in [-0.2, -0.15) is 24.9 Å². The fraction of sp³-hybridized carbons (Fsp3) is 0.364. The number of nitro groups is 1. The van der Waals surface area contributed by atoms with Gasteiger partial charge in [-0.05, 0) is 0 Å². The van der Waals surface area contributed by atoms with Gasteiger partial charge in [0.25, 0.3) is 0 Å². The number of alkyl halides is 3. The van der Waals surface area contributed by atoms with Crippen LogP contribution in [0.25, 0.3) is 0 Å². The number of hydrogen-bond donors (Lipinski definition) is 3. The fourth-order valence-electron chi connectivity index (χ4n) is 1.75. The number of nitrogens with one attached hydrogen (secondary N) is 3. The molecule has 2 rings (SSSR count). The van der Waals surface area contributed by atoms with Gasteiger partial charge in [-0.3, -0.25) is 10.1 Å². The lowest BCUT2D eigenvalue weighted by atomic mass is 10.3. The molecule has 0 radical (unpaired) electrons. The van der Waals surface area contributed by atoms with Crippen LogP contribution in [-0.4, -0.2) is 32.2 Å². The Balaban J connectivity index is 1.77. The van der Waals surface area contributed by atoms with E-state index >= 15 is 0 Å². The van der Waals surface area contributed by atoms with Crippen molar-refractivity contribution >= 4 is 23.3 Å². The van der Waals surface area contributed by atoms with Crippen molar-refractivity contribution in [2.75, 3.05) is 17.6 Å². The predicted molar refractivity (Wildman–Crippen MR) is 75.7 cm³/mol. The van der Waals surface area contributed by atoms with Crippen molar-refractivity contribution in [1.82, 2.24) is 15.0 Å². The maximum absolute atomic E-state index is 12.6. The Kier molecular flexibility index (Phi) is 4.96. The van der Waals surface area contributed by atoms with E-state index in [9.17, 15) is 23.3 Å². The molecule has 0 saturated carbocycles. The van der Waals surface area contributed by atoms with E-state index in [1.54, 1.807) is 0 Å². The summed E-state index contributed by atoms with van der Waals surface area (Å²) in [4.78, 5) is 18.6. The summed E-state index contributed by atoms with van der Waals surface area (Å²) in [5, 5.41) is 13.5. The van der Waals surface area contributed by atoms with E-state index in [0.29, 0.717) is 12.3 Å². The highest BCUT2D eigenvalue weighted by molar-refractivity contribution is 7.98. The van der Waals surface area contributed by atoms with Crippen molar-refractivity contribution in [2.45, 2.75) is 11.9 Å². The minimum absolute atomic E-state index is 0.0170. The van der Waals surface area contributed by atoms with Crippen LogP contribution in [0, 0.1) is 10.1 Å². The molecule has 0 atom stereocenters. The molecule has 0 aliphatic rings. The first-order chi connectivity index (χ1) is 10.4. The van der Waals surface area contributed by atoms with Crippen LogP contribution < -0.4 is 5.32 Å². The van der Waals surface area contributed by atoms with E-state index in [0.717, 1.165) is 6.33 Å². The van der Waals surface area contributed by atoms with Crippen LogP contribution in [0.1, 0.15) is 11.4 Å². The Hall–Kier alpha value is -2.17. The molecule has 0 amide bonds. The molecule has 0 aliphatic carbocycles. The second-order valence-corrected chi connectivity index (χ2v) is 5.31. The van der Waals surface area contributed by atoms with E-state index in [1.165, 1.54) is 24.0 Å². The molecule has 0 bridgehead atoms. The van der Waals surface area contributed by atoms with Crippen molar-refractivity contribution in [3.05, 3.63) is 40.1 Å². The minimum Gasteiger partial charge on any atom is -0.365 e. The first-order valence-electron chi connectivity index (χ1n) is 6.12. The topological polar surface area (TPSA) is 99.6 Å². The van der Waals surface area contributed by atoms with E-state index in [-0.39, 0.29) is 23.0 Å². The number of thioether (sulfide) groups is 1. The first kappa shape index (κ1) is 16.2. The van der Waals surface area contributed by atoms with Gasteiger partial charge in [-0.1, -0.05) is 0 Å². The van der Waals surface area contributed by atoms with Crippen LogP contribution in [-0.2, 0) is 11.9 Å². The third-order valence-corrected chi connectivity index (χ3v) is 3.69. The van der Waals surface area contributed by atoms with Crippen LogP contribution >= 0.6 is 11.8 Å². The minimum atomic E-state index is -4.47. The van der Waals surface area contributed by atoms with Gasteiger partial charge < -0.3 is 15.3 Å². The Morgan fingerprint density at radius 3 is 2.86 bits per heavy atom. The Labute approximate surface area is 126 Å². The van der Waals surface area contributed by atoms with E-state index in [4.69, 9.17) is 0 Å². The average molecular weight is 335 g/mol. The highest BCUT2D eigenvalue weighted by atomic mass is 32.2. The Morgan fingerprint density at radius 2 is 2.18 bits per heavy atom. The average Bonchev–Trinajstić information content (AvgIpc) is 3.05. The van der Waals surface area contributed by atoms with Crippen LogP contribution in [0.15, 0.2) is 18.6 Å². The summed E-state index contributed by atoms with van der Waals surface area (Å²) < 4.78 is 37.8. The van der Waals surface area contributed by atoms with Gasteiger partial charge in [0.15, 0.2) is 11.5 Å². The van der Waals surface area contributed by atoms with Crippen molar-refractivity contribution in [3.63, 3.8) is 0 Å². The molecule has 2 aromatic heterocycles. The molecular weight excluding hydrogens is 323 g/mol. The largest absolute Gasteiger partial charge is 0.435 e. The molecule has 2 heterocycles. The van der Waals surface area contributed by atoms with Gasteiger partial charge in [0, 0.05) is 30.3 Å². The number of imidazole rings is 1. The van der Waals surface area contributed by atoms with Crippen molar-refractivity contribution in [2.24, 2.45) is 0 Å². The molecule has 2 aromatic rings. The third-order valence-electron chi connectivity index (χ3n) is 2.70. The number of H-pyrrole nitrogens is 2. The molecule has 7 nitrogen and oxygen atoms in total. The maximum atomic E-state index is 12.6. The summed E-state index contributed by atoms with van der Waals surface area (Å²) in [6.45, 7) is 0.376. The SMILES string of the molecule is O=[N+]([O-])c1cc[nH]c1NCCSCc1[nH]cnc1C(F)(F)F. The molecule has 22 heavy (non-hydrogen) atoms. The third kappa shape index (κ3) is 3.93. The summed E-state index contributed by atoms with van der Waals surface area (Å²) in [7, 11) is 0. The van der Waals surface area contributed by atoms with Crippen LogP contribution in [0.4, 0.5) is 24.7 Å². The standard InChI is InChI=1S/C11H12F3N5O2S/c12-11(13,14)9-7(17-6-18-9)5-22-4-3-16-10-8(19(20)21)1-2-15-10/h1-2,6,15-16H,3-5H2,(H,17,18).